The molecule has 7 heteroatoms. The zero-order valence-electron chi connectivity index (χ0n) is 13.9. The van der Waals surface area contributed by atoms with Crippen LogP contribution in [0, 0.1) is 5.82 Å². The highest BCUT2D eigenvalue weighted by Crippen LogP contribution is 2.36. The molecule has 0 fully saturated rings. The third-order valence-corrected chi connectivity index (χ3v) is 4.09. The molecule has 1 aliphatic heterocycles. The van der Waals surface area contributed by atoms with Crippen LogP contribution in [0.3, 0.4) is 0 Å². The number of hydrogen-bond acceptors (Lipinski definition) is 5. The van der Waals surface area contributed by atoms with Crippen LogP contribution in [-0.4, -0.2) is 25.0 Å². The number of allylic oxidation sites excluding steroid dienone is 1. The minimum Gasteiger partial charge on any atom is -0.479 e. The molecular weight excluding hydrogens is 363 g/mol. The first kappa shape index (κ1) is 17.9. The van der Waals surface area contributed by atoms with Crippen LogP contribution in [0.25, 0.3) is 6.08 Å². The van der Waals surface area contributed by atoms with Gasteiger partial charge in [-0.1, -0.05) is 17.7 Å². The first-order chi connectivity index (χ1) is 12.4. The van der Waals surface area contributed by atoms with Gasteiger partial charge < -0.3 is 14.2 Å². The van der Waals surface area contributed by atoms with Gasteiger partial charge in [0, 0.05) is 11.6 Å². The lowest BCUT2D eigenvalue weighted by Gasteiger charge is -2.12. The van der Waals surface area contributed by atoms with Crippen LogP contribution in [0.5, 0.6) is 11.5 Å². The van der Waals surface area contributed by atoms with Crippen molar-refractivity contribution in [3.8, 4) is 11.5 Å². The molecule has 1 unspecified atom stereocenters. The molecule has 1 heterocycles. The van der Waals surface area contributed by atoms with Gasteiger partial charge in [0.2, 0.25) is 5.78 Å². The summed E-state index contributed by atoms with van der Waals surface area (Å²) in [5.41, 5.74) is 0.378. The van der Waals surface area contributed by atoms with Crippen molar-refractivity contribution in [3.05, 3.63) is 64.1 Å². The van der Waals surface area contributed by atoms with Crippen molar-refractivity contribution in [2.45, 2.75) is 13.0 Å². The summed E-state index contributed by atoms with van der Waals surface area (Å²) in [6.45, 7) is 1.54. The molecule has 134 valence electrons. The Morgan fingerprint density at radius 1 is 1.31 bits per heavy atom. The predicted molar refractivity (Wildman–Crippen MR) is 92.9 cm³/mol. The second kappa shape index (κ2) is 7.17. The fourth-order valence-corrected chi connectivity index (χ4v) is 2.66. The summed E-state index contributed by atoms with van der Waals surface area (Å²) < 4.78 is 29.5. The molecule has 2 aromatic carbocycles. The second-order valence-corrected chi connectivity index (χ2v) is 5.92. The summed E-state index contributed by atoms with van der Waals surface area (Å²) in [6.07, 6.45) is 0.444. The topological polar surface area (TPSA) is 61.8 Å². The molecule has 2 aromatic rings. The number of Topliss-reactive ketones (excluding diaryl/α,β-unsaturated/α-hetero) is 1. The number of benzene rings is 2. The smallest absolute Gasteiger partial charge is 0.346 e. The average molecular weight is 377 g/mol. The molecule has 0 N–H and O–H groups in total. The Morgan fingerprint density at radius 3 is 2.77 bits per heavy atom. The van der Waals surface area contributed by atoms with Gasteiger partial charge in [-0.25, -0.2) is 9.18 Å². The van der Waals surface area contributed by atoms with E-state index < -0.39 is 23.7 Å². The molecule has 0 radical (unpaired) electrons. The number of esters is 1. The summed E-state index contributed by atoms with van der Waals surface area (Å²) in [4.78, 5) is 23.9. The molecule has 0 spiro atoms. The minimum atomic E-state index is -0.817. The van der Waals surface area contributed by atoms with E-state index in [-0.39, 0.29) is 22.1 Å². The molecule has 0 aliphatic carbocycles. The second-order valence-electron chi connectivity index (χ2n) is 5.52. The lowest BCUT2D eigenvalue weighted by molar-refractivity contribution is -0.147. The maximum Gasteiger partial charge on any atom is 0.346 e. The Kier molecular flexibility index (Phi) is 4.95. The number of ether oxygens (including phenoxy) is 3. The van der Waals surface area contributed by atoms with Crippen LogP contribution < -0.4 is 9.47 Å². The largest absolute Gasteiger partial charge is 0.479 e. The zero-order valence-corrected chi connectivity index (χ0v) is 14.7. The summed E-state index contributed by atoms with van der Waals surface area (Å²) >= 11 is 5.98. The van der Waals surface area contributed by atoms with E-state index in [1.165, 1.54) is 50.4 Å². The number of halogens is 2. The molecule has 3 rings (SSSR count). The number of rotatable bonds is 4. The summed E-state index contributed by atoms with van der Waals surface area (Å²) in [5.74, 6) is -0.953. The van der Waals surface area contributed by atoms with E-state index in [9.17, 15) is 14.0 Å². The molecule has 0 saturated carbocycles. The number of carbonyl (C=O) groups excluding carboxylic acids is 2. The molecule has 1 atom stereocenters. The fourth-order valence-electron chi connectivity index (χ4n) is 2.44. The Labute approximate surface area is 153 Å². The van der Waals surface area contributed by atoms with Gasteiger partial charge >= 0.3 is 5.97 Å². The molecule has 0 bridgehead atoms. The van der Waals surface area contributed by atoms with Crippen molar-refractivity contribution in [2.75, 3.05) is 7.11 Å². The van der Waals surface area contributed by atoms with Crippen LogP contribution in [0.2, 0.25) is 5.02 Å². The van der Waals surface area contributed by atoms with Gasteiger partial charge in [0.1, 0.15) is 17.3 Å². The Balaban J connectivity index is 1.87. The van der Waals surface area contributed by atoms with Gasteiger partial charge in [-0.3, -0.25) is 4.79 Å². The molecule has 1 aliphatic rings. The molecule has 0 amide bonds. The number of methoxy groups -OCH3 is 1. The SMILES string of the molecule is COC(=O)C(C)Oc1ccc2c(c1)O/C(=C\c1c(F)cccc1Cl)C2=O. The van der Waals surface area contributed by atoms with E-state index in [0.29, 0.717) is 11.3 Å². The van der Waals surface area contributed by atoms with Gasteiger partial charge in [-0.05, 0) is 37.3 Å². The molecule has 0 aromatic heterocycles. The summed E-state index contributed by atoms with van der Waals surface area (Å²) in [6, 6.07) is 8.77. The van der Waals surface area contributed by atoms with Gasteiger partial charge in [0.05, 0.1) is 17.7 Å². The van der Waals surface area contributed by atoms with Gasteiger partial charge in [-0.2, -0.15) is 0 Å². The Bertz CT molecular complexity index is 902. The van der Waals surface area contributed by atoms with E-state index in [1.54, 1.807) is 6.07 Å². The number of fused-ring (bicyclic) bond motifs is 1. The highest BCUT2D eigenvalue weighted by atomic mass is 35.5. The Morgan fingerprint density at radius 2 is 2.08 bits per heavy atom. The standard InChI is InChI=1S/C19H14ClFO5/c1-10(19(23)24-2)25-11-6-7-12-16(8-11)26-17(18(12)22)9-13-14(20)4-3-5-15(13)21/h3-10H,1-2H3/b17-9-. The van der Waals surface area contributed by atoms with E-state index in [4.69, 9.17) is 21.1 Å². The van der Waals surface area contributed by atoms with E-state index >= 15 is 0 Å². The summed E-state index contributed by atoms with van der Waals surface area (Å²) in [5, 5.41) is 0.167. The molecule has 5 nitrogen and oxygen atoms in total. The van der Waals surface area contributed by atoms with Gasteiger partial charge in [0.15, 0.2) is 11.9 Å². The lowest BCUT2D eigenvalue weighted by atomic mass is 10.1. The van der Waals surface area contributed by atoms with E-state index in [2.05, 4.69) is 4.74 Å². The van der Waals surface area contributed by atoms with E-state index in [1.807, 2.05) is 0 Å². The monoisotopic (exact) mass is 376 g/mol. The number of hydrogen-bond donors (Lipinski definition) is 0. The number of carbonyl (C=O) groups is 2. The molecule has 0 saturated heterocycles. The van der Waals surface area contributed by atoms with Crippen molar-refractivity contribution in [1.29, 1.82) is 0 Å². The lowest BCUT2D eigenvalue weighted by Crippen LogP contribution is -2.24. The van der Waals surface area contributed by atoms with Crippen LogP contribution >= 0.6 is 11.6 Å². The van der Waals surface area contributed by atoms with Crippen LogP contribution in [0.4, 0.5) is 4.39 Å². The molecular formula is C19H14ClFO5. The highest BCUT2D eigenvalue weighted by Gasteiger charge is 2.29. The van der Waals surface area contributed by atoms with Gasteiger partial charge in [-0.15, -0.1) is 0 Å². The third-order valence-electron chi connectivity index (χ3n) is 3.76. The maximum atomic E-state index is 13.9. The first-order valence-electron chi connectivity index (χ1n) is 7.67. The normalized spacial score (nSPS) is 15.4. The zero-order chi connectivity index (χ0) is 18.8. The number of ketones is 1. The van der Waals surface area contributed by atoms with Crippen LogP contribution in [0.15, 0.2) is 42.2 Å². The van der Waals surface area contributed by atoms with Crippen LogP contribution in [-0.2, 0) is 9.53 Å². The van der Waals surface area contributed by atoms with Crippen molar-refractivity contribution >= 4 is 29.4 Å². The van der Waals surface area contributed by atoms with Crippen molar-refractivity contribution in [1.82, 2.24) is 0 Å². The van der Waals surface area contributed by atoms with E-state index in [0.717, 1.165) is 0 Å². The van der Waals surface area contributed by atoms with Crippen molar-refractivity contribution in [2.24, 2.45) is 0 Å². The first-order valence-corrected chi connectivity index (χ1v) is 8.05. The quantitative estimate of drug-likeness (QED) is 0.595. The Hall–Kier alpha value is -2.86. The van der Waals surface area contributed by atoms with Crippen molar-refractivity contribution < 1.29 is 28.2 Å². The van der Waals surface area contributed by atoms with Crippen molar-refractivity contribution in [3.63, 3.8) is 0 Å². The predicted octanol–water partition coefficient (Wildman–Crippen LogP) is 4.04. The van der Waals surface area contributed by atoms with Gasteiger partial charge in [0.25, 0.3) is 0 Å². The fraction of sp³-hybridized carbons (Fsp3) is 0.158. The van der Waals surface area contributed by atoms with Crippen LogP contribution in [0.1, 0.15) is 22.8 Å². The third kappa shape index (κ3) is 3.41. The highest BCUT2D eigenvalue weighted by molar-refractivity contribution is 6.32. The summed E-state index contributed by atoms with van der Waals surface area (Å²) in [7, 11) is 1.26. The average Bonchev–Trinajstić information content (AvgIpc) is 2.92. The minimum absolute atomic E-state index is 0.0508. The molecule has 26 heavy (non-hydrogen) atoms. The maximum absolute atomic E-state index is 13.9.